The van der Waals surface area contributed by atoms with Gasteiger partial charge in [-0.05, 0) is 24.3 Å². The minimum atomic E-state index is -0.277. The van der Waals surface area contributed by atoms with Crippen LogP contribution in [0.4, 0.5) is 0 Å². The second-order valence-corrected chi connectivity index (χ2v) is 5.42. The van der Waals surface area contributed by atoms with Gasteiger partial charge in [0.1, 0.15) is 0 Å². The molecule has 0 saturated heterocycles. The highest BCUT2D eigenvalue weighted by Gasteiger charge is 2.22. The normalized spacial score (nSPS) is 17.4. The van der Waals surface area contributed by atoms with Crippen LogP contribution in [0.15, 0.2) is 34.7 Å². The van der Waals surface area contributed by atoms with Crippen molar-refractivity contribution in [2.45, 2.75) is 38.2 Å². The second-order valence-electron chi connectivity index (χ2n) is 5.42. The molecule has 1 atom stereocenters. The molecular formula is C16H20N2O2. The molecule has 0 unspecified atom stereocenters. The zero-order valence-electron chi connectivity index (χ0n) is 11.8. The van der Waals surface area contributed by atoms with Gasteiger partial charge in [0.25, 0.3) is 0 Å². The van der Waals surface area contributed by atoms with Crippen molar-refractivity contribution in [1.29, 1.82) is 0 Å². The molecule has 1 aliphatic carbocycles. The Hall–Kier alpha value is -1.68. The number of ether oxygens (including phenoxy) is 1. The molecule has 1 heterocycles. The quantitative estimate of drug-likeness (QED) is 0.835. The first kappa shape index (κ1) is 13.3. The van der Waals surface area contributed by atoms with Gasteiger partial charge in [0.15, 0.2) is 6.10 Å². The molecule has 0 spiro atoms. The molecule has 1 fully saturated rings. The minimum Gasteiger partial charge on any atom is -0.422 e. The first-order valence-electron chi connectivity index (χ1n) is 7.27. The Labute approximate surface area is 119 Å². The molecule has 0 N–H and O–H groups in total. The van der Waals surface area contributed by atoms with E-state index in [0.717, 1.165) is 17.9 Å². The third-order valence-corrected chi connectivity index (χ3v) is 3.98. The van der Waals surface area contributed by atoms with Crippen LogP contribution in [0, 0.1) is 5.92 Å². The molecule has 2 aromatic rings. The van der Waals surface area contributed by atoms with E-state index in [-0.39, 0.29) is 6.10 Å². The average Bonchev–Trinajstić information content (AvgIpc) is 3.14. The standard InChI is InChI=1S/C16H20N2O2/c1-19-15(13-9-3-2-4-10-13)16-18-17-14(20-16)11-12-7-5-6-8-12/h2-4,9-10,12,15H,5-8,11H2,1H3/t15-/m1/s1. The van der Waals surface area contributed by atoms with Gasteiger partial charge in [0.05, 0.1) is 0 Å². The SMILES string of the molecule is CO[C@H](c1ccccc1)c1nnc(CC2CCCC2)o1. The van der Waals surface area contributed by atoms with Gasteiger partial charge >= 0.3 is 0 Å². The predicted molar refractivity (Wildman–Crippen MR) is 75.3 cm³/mol. The fourth-order valence-electron chi connectivity index (χ4n) is 2.92. The molecule has 1 aromatic carbocycles. The summed E-state index contributed by atoms with van der Waals surface area (Å²) in [4.78, 5) is 0. The topological polar surface area (TPSA) is 48.2 Å². The molecule has 1 saturated carbocycles. The number of hydrogen-bond donors (Lipinski definition) is 0. The van der Waals surface area contributed by atoms with Crippen LogP contribution in [0.2, 0.25) is 0 Å². The number of aromatic nitrogens is 2. The van der Waals surface area contributed by atoms with E-state index >= 15 is 0 Å². The molecule has 4 nitrogen and oxygen atoms in total. The van der Waals surface area contributed by atoms with Gasteiger partial charge in [0.2, 0.25) is 11.8 Å². The summed E-state index contributed by atoms with van der Waals surface area (Å²) in [6.45, 7) is 0. The van der Waals surface area contributed by atoms with Crippen molar-refractivity contribution in [3.8, 4) is 0 Å². The number of hydrogen-bond acceptors (Lipinski definition) is 4. The van der Waals surface area contributed by atoms with E-state index in [0.29, 0.717) is 11.8 Å². The fourth-order valence-corrected chi connectivity index (χ4v) is 2.92. The Kier molecular flexibility index (Phi) is 4.11. The second kappa shape index (κ2) is 6.18. The van der Waals surface area contributed by atoms with E-state index in [9.17, 15) is 0 Å². The number of benzene rings is 1. The Bertz CT molecular complexity index is 532. The van der Waals surface area contributed by atoms with Crippen LogP contribution in [0.5, 0.6) is 0 Å². The van der Waals surface area contributed by atoms with Crippen molar-refractivity contribution < 1.29 is 9.15 Å². The summed E-state index contributed by atoms with van der Waals surface area (Å²) < 4.78 is 11.3. The lowest BCUT2D eigenvalue weighted by Gasteiger charge is -2.11. The van der Waals surface area contributed by atoms with Crippen molar-refractivity contribution in [3.05, 3.63) is 47.7 Å². The molecular weight excluding hydrogens is 252 g/mol. The average molecular weight is 272 g/mol. The summed E-state index contributed by atoms with van der Waals surface area (Å²) in [5.74, 6) is 2.00. The maximum absolute atomic E-state index is 5.81. The summed E-state index contributed by atoms with van der Waals surface area (Å²) in [6.07, 6.45) is 5.85. The zero-order chi connectivity index (χ0) is 13.8. The molecule has 0 aliphatic heterocycles. The van der Waals surface area contributed by atoms with Gasteiger partial charge in [-0.15, -0.1) is 10.2 Å². The number of methoxy groups -OCH3 is 1. The zero-order valence-corrected chi connectivity index (χ0v) is 11.8. The summed E-state index contributed by atoms with van der Waals surface area (Å²) >= 11 is 0. The molecule has 1 aliphatic rings. The van der Waals surface area contributed by atoms with Gasteiger partial charge in [-0.25, -0.2) is 0 Å². The van der Waals surface area contributed by atoms with Crippen molar-refractivity contribution in [2.24, 2.45) is 5.92 Å². The highest BCUT2D eigenvalue weighted by Crippen LogP contribution is 2.29. The summed E-state index contributed by atoms with van der Waals surface area (Å²) in [5, 5.41) is 8.34. The van der Waals surface area contributed by atoms with Crippen LogP contribution >= 0.6 is 0 Å². The number of nitrogens with zero attached hydrogens (tertiary/aromatic N) is 2. The van der Waals surface area contributed by atoms with Crippen LogP contribution in [-0.2, 0) is 11.2 Å². The Morgan fingerprint density at radius 2 is 1.95 bits per heavy atom. The van der Waals surface area contributed by atoms with Crippen LogP contribution in [0.1, 0.15) is 49.1 Å². The van der Waals surface area contributed by atoms with Crippen LogP contribution in [-0.4, -0.2) is 17.3 Å². The van der Waals surface area contributed by atoms with E-state index in [4.69, 9.17) is 9.15 Å². The Morgan fingerprint density at radius 1 is 1.20 bits per heavy atom. The van der Waals surface area contributed by atoms with E-state index in [1.165, 1.54) is 25.7 Å². The summed E-state index contributed by atoms with van der Waals surface area (Å²) in [5.41, 5.74) is 1.03. The molecule has 0 amide bonds. The van der Waals surface area contributed by atoms with Crippen LogP contribution < -0.4 is 0 Å². The maximum Gasteiger partial charge on any atom is 0.249 e. The van der Waals surface area contributed by atoms with Crippen LogP contribution in [0.3, 0.4) is 0 Å². The maximum atomic E-state index is 5.81. The van der Waals surface area contributed by atoms with Crippen molar-refractivity contribution in [3.63, 3.8) is 0 Å². The van der Waals surface area contributed by atoms with Gasteiger partial charge < -0.3 is 9.15 Å². The lowest BCUT2D eigenvalue weighted by Crippen LogP contribution is -2.03. The van der Waals surface area contributed by atoms with E-state index < -0.39 is 0 Å². The molecule has 0 bridgehead atoms. The Balaban J connectivity index is 1.74. The predicted octanol–water partition coefficient (Wildman–Crippen LogP) is 3.54. The van der Waals surface area contributed by atoms with Gasteiger partial charge in [-0.2, -0.15) is 0 Å². The third kappa shape index (κ3) is 2.90. The number of rotatable bonds is 5. The van der Waals surface area contributed by atoms with E-state index in [1.54, 1.807) is 7.11 Å². The Morgan fingerprint density at radius 3 is 2.65 bits per heavy atom. The molecule has 0 radical (unpaired) electrons. The van der Waals surface area contributed by atoms with E-state index in [2.05, 4.69) is 10.2 Å². The van der Waals surface area contributed by atoms with Crippen molar-refractivity contribution in [1.82, 2.24) is 10.2 Å². The van der Waals surface area contributed by atoms with Crippen molar-refractivity contribution in [2.75, 3.05) is 7.11 Å². The van der Waals surface area contributed by atoms with Crippen molar-refractivity contribution >= 4 is 0 Å². The largest absolute Gasteiger partial charge is 0.422 e. The lowest BCUT2D eigenvalue weighted by molar-refractivity contribution is 0.110. The van der Waals surface area contributed by atoms with Gasteiger partial charge in [-0.1, -0.05) is 43.2 Å². The van der Waals surface area contributed by atoms with Gasteiger partial charge in [0, 0.05) is 13.5 Å². The highest BCUT2D eigenvalue weighted by molar-refractivity contribution is 5.21. The molecule has 20 heavy (non-hydrogen) atoms. The van der Waals surface area contributed by atoms with Crippen LogP contribution in [0.25, 0.3) is 0 Å². The monoisotopic (exact) mass is 272 g/mol. The smallest absolute Gasteiger partial charge is 0.249 e. The van der Waals surface area contributed by atoms with Gasteiger partial charge in [-0.3, -0.25) is 0 Å². The molecule has 1 aromatic heterocycles. The summed E-state index contributed by atoms with van der Waals surface area (Å²) in [6, 6.07) is 9.97. The molecule has 106 valence electrons. The first-order chi connectivity index (χ1) is 9.86. The lowest BCUT2D eigenvalue weighted by atomic mass is 10.0. The third-order valence-electron chi connectivity index (χ3n) is 3.98. The molecule has 3 rings (SSSR count). The molecule has 4 heteroatoms. The highest BCUT2D eigenvalue weighted by atomic mass is 16.5. The summed E-state index contributed by atoms with van der Waals surface area (Å²) in [7, 11) is 1.67. The fraction of sp³-hybridized carbons (Fsp3) is 0.500. The minimum absolute atomic E-state index is 0.277. The van der Waals surface area contributed by atoms with E-state index in [1.807, 2.05) is 30.3 Å². The first-order valence-corrected chi connectivity index (χ1v) is 7.27.